The Morgan fingerprint density at radius 3 is 2.78 bits per heavy atom. The highest BCUT2D eigenvalue weighted by atomic mass is 32.1. The molecule has 0 saturated carbocycles. The van der Waals surface area contributed by atoms with Crippen molar-refractivity contribution in [3.8, 4) is 5.75 Å². The van der Waals surface area contributed by atoms with Crippen molar-refractivity contribution in [3.63, 3.8) is 0 Å². The number of thiophene rings is 1. The first-order chi connectivity index (χ1) is 13.2. The number of hydrogen-bond donors (Lipinski definition) is 0. The first-order valence-electron chi connectivity index (χ1n) is 8.30. The molecule has 134 valence electrons. The minimum Gasteiger partial charge on any atom is -0.497 e. The minimum atomic E-state index is -0.157. The van der Waals surface area contributed by atoms with Crippen LogP contribution in [0.4, 0.5) is 10.8 Å². The number of fused-ring (bicyclic) bond motifs is 1. The molecule has 0 radical (unpaired) electrons. The second-order valence-corrected chi connectivity index (χ2v) is 7.68. The van der Waals surface area contributed by atoms with E-state index in [0.29, 0.717) is 16.6 Å². The second-order valence-electron chi connectivity index (χ2n) is 5.69. The molecule has 27 heavy (non-hydrogen) atoms. The lowest BCUT2D eigenvalue weighted by atomic mass is 10.2. The van der Waals surface area contributed by atoms with E-state index in [1.54, 1.807) is 29.4 Å². The Labute approximate surface area is 165 Å². The van der Waals surface area contributed by atoms with Gasteiger partial charge in [-0.05, 0) is 41.8 Å². The molecule has 0 atom stereocenters. The van der Waals surface area contributed by atoms with E-state index in [-0.39, 0.29) is 5.91 Å². The summed E-state index contributed by atoms with van der Waals surface area (Å²) in [5, 5.41) is 2.61. The highest BCUT2D eigenvalue weighted by molar-refractivity contribution is 7.22. The number of para-hydroxylation sites is 1. The molecule has 4 nitrogen and oxygen atoms in total. The smallest absolute Gasteiger partial charge is 0.257 e. The maximum absolute atomic E-state index is 13.1. The number of anilines is 2. The number of carbonyl (C=O) groups is 1. The van der Waals surface area contributed by atoms with E-state index >= 15 is 0 Å². The molecule has 2 aromatic carbocycles. The van der Waals surface area contributed by atoms with Crippen LogP contribution in [0.3, 0.4) is 0 Å². The summed E-state index contributed by atoms with van der Waals surface area (Å²) in [4.78, 5) is 20.4. The van der Waals surface area contributed by atoms with Gasteiger partial charge in [-0.15, -0.1) is 11.3 Å². The molecule has 0 aliphatic heterocycles. The number of methoxy groups -OCH3 is 1. The van der Waals surface area contributed by atoms with Gasteiger partial charge >= 0.3 is 0 Å². The molecule has 6 heteroatoms. The van der Waals surface area contributed by atoms with Crippen LogP contribution in [0, 0.1) is 0 Å². The molecule has 2 heterocycles. The number of rotatable bonds is 5. The molecule has 0 aliphatic rings. The Hall–Kier alpha value is -2.96. The molecular formula is C21H16N2O2S2. The molecule has 0 unspecified atom stereocenters. The van der Waals surface area contributed by atoms with Gasteiger partial charge in [0.2, 0.25) is 0 Å². The lowest BCUT2D eigenvalue weighted by Crippen LogP contribution is -2.23. The predicted octanol–water partition coefficient (Wildman–Crippen LogP) is 5.74. The number of amides is 1. The molecule has 0 bridgehead atoms. The van der Waals surface area contributed by atoms with Gasteiger partial charge < -0.3 is 4.74 Å². The maximum atomic E-state index is 13.1. The fraction of sp³-hybridized carbons (Fsp3) is 0.0476. The molecule has 0 fully saturated rings. The van der Waals surface area contributed by atoms with Gasteiger partial charge in [0.15, 0.2) is 5.13 Å². The first-order valence-corrected chi connectivity index (χ1v) is 9.99. The highest BCUT2D eigenvalue weighted by Gasteiger charge is 2.20. The van der Waals surface area contributed by atoms with Crippen LogP contribution >= 0.6 is 22.7 Å². The largest absolute Gasteiger partial charge is 0.497 e. The number of aromatic nitrogens is 1. The van der Waals surface area contributed by atoms with E-state index in [9.17, 15) is 4.79 Å². The van der Waals surface area contributed by atoms with Gasteiger partial charge in [0.25, 0.3) is 5.91 Å². The van der Waals surface area contributed by atoms with E-state index in [1.165, 1.54) is 11.3 Å². The number of ether oxygens (including phenoxy) is 1. The Morgan fingerprint density at radius 2 is 2.00 bits per heavy atom. The fourth-order valence-electron chi connectivity index (χ4n) is 2.65. The fourth-order valence-corrected chi connectivity index (χ4v) is 4.26. The van der Waals surface area contributed by atoms with Gasteiger partial charge in [-0.25, -0.2) is 4.98 Å². The van der Waals surface area contributed by atoms with Crippen molar-refractivity contribution >= 4 is 55.7 Å². The van der Waals surface area contributed by atoms with E-state index in [1.807, 2.05) is 72.1 Å². The number of hydrogen-bond acceptors (Lipinski definition) is 5. The van der Waals surface area contributed by atoms with Crippen LogP contribution in [0.1, 0.15) is 4.88 Å². The number of carbonyl (C=O) groups excluding carboxylic acids is 1. The van der Waals surface area contributed by atoms with Gasteiger partial charge in [0.1, 0.15) is 5.75 Å². The lowest BCUT2D eigenvalue weighted by Gasteiger charge is -2.18. The molecular weight excluding hydrogens is 376 g/mol. The summed E-state index contributed by atoms with van der Waals surface area (Å²) < 4.78 is 6.36. The third kappa shape index (κ3) is 3.77. The van der Waals surface area contributed by atoms with Crippen molar-refractivity contribution in [2.45, 2.75) is 0 Å². The summed E-state index contributed by atoms with van der Waals surface area (Å²) in [6.07, 6.45) is 3.41. The Bertz CT molecular complexity index is 1070. The SMILES string of the molecule is COc1cccc(N(C(=O)/C=C/c2cccs2)c2nc3ccccc3s2)c1. The number of thiazole rings is 1. The highest BCUT2D eigenvalue weighted by Crippen LogP contribution is 2.35. The molecule has 4 aromatic rings. The van der Waals surface area contributed by atoms with Crippen LogP contribution in [0.2, 0.25) is 0 Å². The van der Waals surface area contributed by atoms with Crippen LogP contribution < -0.4 is 9.64 Å². The Balaban J connectivity index is 1.77. The van der Waals surface area contributed by atoms with Crippen molar-refractivity contribution in [1.29, 1.82) is 0 Å². The molecule has 0 aliphatic carbocycles. The third-order valence-corrected chi connectivity index (χ3v) is 5.80. The van der Waals surface area contributed by atoms with E-state index < -0.39 is 0 Å². The molecule has 1 amide bonds. The van der Waals surface area contributed by atoms with Crippen LogP contribution in [0.5, 0.6) is 5.75 Å². The zero-order chi connectivity index (χ0) is 18.6. The van der Waals surface area contributed by atoms with Gasteiger partial charge in [0.05, 0.1) is 23.0 Å². The van der Waals surface area contributed by atoms with Crippen molar-refractivity contribution in [2.24, 2.45) is 0 Å². The summed E-state index contributed by atoms with van der Waals surface area (Å²) in [7, 11) is 1.61. The van der Waals surface area contributed by atoms with Crippen molar-refractivity contribution in [2.75, 3.05) is 12.0 Å². The summed E-state index contributed by atoms with van der Waals surface area (Å²) in [5.41, 5.74) is 1.59. The van der Waals surface area contributed by atoms with Crippen molar-refractivity contribution in [1.82, 2.24) is 4.98 Å². The molecule has 4 rings (SSSR count). The lowest BCUT2D eigenvalue weighted by molar-refractivity contribution is -0.113. The molecule has 0 saturated heterocycles. The normalized spacial score (nSPS) is 11.1. The van der Waals surface area contributed by atoms with Crippen LogP contribution in [0.15, 0.2) is 72.1 Å². The van der Waals surface area contributed by atoms with Crippen molar-refractivity contribution in [3.05, 3.63) is 77.0 Å². The summed E-state index contributed by atoms with van der Waals surface area (Å²) in [6, 6.07) is 19.2. The molecule has 2 aromatic heterocycles. The minimum absolute atomic E-state index is 0.157. The monoisotopic (exact) mass is 392 g/mol. The van der Waals surface area contributed by atoms with E-state index in [4.69, 9.17) is 4.74 Å². The Morgan fingerprint density at radius 1 is 1.11 bits per heavy atom. The average molecular weight is 393 g/mol. The summed E-state index contributed by atoms with van der Waals surface area (Å²) >= 11 is 3.07. The van der Waals surface area contributed by atoms with Gasteiger partial charge in [0, 0.05) is 17.0 Å². The van der Waals surface area contributed by atoms with Crippen molar-refractivity contribution < 1.29 is 9.53 Å². The van der Waals surface area contributed by atoms with E-state index in [2.05, 4.69) is 4.98 Å². The van der Waals surface area contributed by atoms with Gasteiger partial charge in [-0.1, -0.05) is 35.6 Å². The number of nitrogens with zero attached hydrogens (tertiary/aromatic N) is 2. The molecule has 0 spiro atoms. The van der Waals surface area contributed by atoms with Gasteiger partial charge in [-0.3, -0.25) is 9.69 Å². The quantitative estimate of drug-likeness (QED) is 0.407. The van der Waals surface area contributed by atoms with Crippen LogP contribution in [-0.2, 0) is 4.79 Å². The topological polar surface area (TPSA) is 42.4 Å². The zero-order valence-electron chi connectivity index (χ0n) is 14.5. The van der Waals surface area contributed by atoms with Crippen LogP contribution in [0.25, 0.3) is 16.3 Å². The van der Waals surface area contributed by atoms with Gasteiger partial charge in [-0.2, -0.15) is 0 Å². The molecule has 0 N–H and O–H groups in total. The average Bonchev–Trinajstić information content (AvgIpc) is 3.36. The zero-order valence-corrected chi connectivity index (χ0v) is 16.2. The standard InChI is InChI=1S/C21H16N2O2S2/c1-25-16-7-4-6-15(14-16)23(20(24)12-11-17-8-5-13-26-17)21-22-18-9-2-3-10-19(18)27-21/h2-14H,1H3/b12-11+. The maximum Gasteiger partial charge on any atom is 0.257 e. The first kappa shape index (κ1) is 17.5. The van der Waals surface area contributed by atoms with E-state index in [0.717, 1.165) is 15.1 Å². The Kier molecular flexibility index (Phi) is 5.00. The second kappa shape index (κ2) is 7.73. The summed E-state index contributed by atoms with van der Waals surface area (Å²) in [6.45, 7) is 0. The predicted molar refractivity (Wildman–Crippen MR) is 113 cm³/mol. The van der Waals surface area contributed by atoms with Crippen LogP contribution in [-0.4, -0.2) is 18.0 Å². The summed E-state index contributed by atoms with van der Waals surface area (Å²) in [5.74, 6) is 0.532. The third-order valence-electron chi connectivity index (χ3n) is 3.94. The number of benzene rings is 2.